The van der Waals surface area contributed by atoms with Crippen LogP contribution >= 0.6 is 0 Å². The molecule has 3 amide bonds. The predicted octanol–water partition coefficient (Wildman–Crippen LogP) is 1.59. The van der Waals surface area contributed by atoms with Gasteiger partial charge in [-0.2, -0.15) is 5.26 Å². The summed E-state index contributed by atoms with van der Waals surface area (Å²) in [6, 6.07) is 5.38. The lowest BCUT2D eigenvalue weighted by molar-refractivity contribution is -0.134. The van der Waals surface area contributed by atoms with Crippen molar-refractivity contribution >= 4 is 17.8 Å². The van der Waals surface area contributed by atoms with Crippen molar-refractivity contribution in [3.8, 4) is 6.07 Å². The maximum Gasteiger partial charge on any atom is 0.327 e. The maximum atomic E-state index is 13.3. The molecule has 0 radical (unpaired) electrons. The van der Waals surface area contributed by atoms with Crippen molar-refractivity contribution < 1.29 is 14.7 Å². The van der Waals surface area contributed by atoms with Crippen LogP contribution in [0, 0.1) is 17.2 Å². The summed E-state index contributed by atoms with van der Waals surface area (Å²) in [6.45, 7) is 5.87. The number of imide groups is 1. The molecule has 3 rings (SSSR count). The molecule has 2 fully saturated rings. The number of pyridine rings is 1. The molecule has 0 bridgehead atoms. The van der Waals surface area contributed by atoms with Gasteiger partial charge in [-0.25, -0.2) is 9.78 Å². The van der Waals surface area contributed by atoms with Gasteiger partial charge in [-0.1, -0.05) is 13.8 Å². The van der Waals surface area contributed by atoms with Crippen LogP contribution in [0.4, 0.5) is 10.6 Å². The third kappa shape index (κ3) is 3.42. The van der Waals surface area contributed by atoms with Crippen molar-refractivity contribution in [2.24, 2.45) is 5.92 Å². The predicted molar refractivity (Wildman–Crippen MR) is 103 cm³/mol. The summed E-state index contributed by atoms with van der Waals surface area (Å²) in [7, 11) is 0. The second kappa shape index (κ2) is 8.15. The van der Waals surface area contributed by atoms with Crippen LogP contribution < -0.4 is 4.90 Å². The third-order valence-electron chi connectivity index (χ3n) is 5.51. The normalized spacial score (nSPS) is 19.0. The highest BCUT2D eigenvalue weighted by Crippen LogP contribution is 2.39. The van der Waals surface area contributed by atoms with Gasteiger partial charge in [0.2, 0.25) is 0 Å². The van der Waals surface area contributed by atoms with Gasteiger partial charge in [-0.05, 0) is 37.3 Å². The molecular formula is C20H27N5O3. The summed E-state index contributed by atoms with van der Waals surface area (Å²) in [5.41, 5.74) is -0.328. The Morgan fingerprint density at radius 1 is 1.32 bits per heavy atom. The highest BCUT2D eigenvalue weighted by molar-refractivity contribution is 6.07. The molecule has 1 aromatic rings. The number of aromatic nitrogens is 1. The number of nitrogens with zero attached hydrogens (tertiary/aromatic N) is 5. The fourth-order valence-corrected chi connectivity index (χ4v) is 4.13. The number of carbonyl (C=O) groups is 2. The summed E-state index contributed by atoms with van der Waals surface area (Å²) >= 11 is 0. The van der Waals surface area contributed by atoms with Crippen LogP contribution in [0.15, 0.2) is 18.3 Å². The van der Waals surface area contributed by atoms with E-state index in [0.29, 0.717) is 50.3 Å². The number of rotatable bonds is 6. The second-order valence-electron chi connectivity index (χ2n) is 7.83. The van der Waals surface area contributed by atoms with E-state index in [9.17, 15) is 14.9 Å². The zero-order valence-corrected chi connectivity index (χ0v) is 16.5. The van der Waals surface area contributed by atoms with Gasteiger partial charge in [0, 0.05) is 39.0 Å². The van der Waals surface area contributed by atoms with E-state index in [1.165, 1.54) is 4.90 Å². The highest BCUT2D eigenvalue weighted by Gasteiger charge is 2.57. The number of amides is 3. The highest BCUT2D eigenvalue weighted by atomic mass is 16.3. The van der Waals surface area contributed by atoms with Crippen molar-refractivity contribution in [2.45, 2.75) is 38.6 Å². The molecule has 2 saturated heterocycles. The summed E-state index contributed by atoms with van der Waals surface area (Å²) < 4.78 is 0. The number of carbonyl (C=O) groups excluding carboxylic acids is 2. The second-order valence-corrected chi connectivity index (χ2v) is 7.83. The van der Waals surface area contributed by atoms with Gasteiger partial charge in [-0.3, -0.25) is 9.69 Å². The number of piperidine rings is 1. The molecule has 0 saturated carbocycles. The first kappa shape index (κ1) is 20.1. The van der Waals surface area contributed by atoms with Crippen LogP contribution in [0.25, 0.3) is 0 Å². The maximum absolute atomic E-state index is 13.3. The van der Waals surface area contributed by atoms with Crippen molar-refractivity contribution in [1.29, 1.82) is 5.26 Å². The van der Waals surface area contributed by atoms with E-state index >= 15 is 0 Å². The van der Waals surface area contributed by atoms with Gasteiger partial charge in [0.25, 0.3) is 5.91 Å². The van der Waals surface area contributed by atoms with Gasteiger partial charge >= 0.3 is 6.03 Å². The minimum atomic E-state index is -0.838. The zero-order valence-electron chi connectivity index (χ0n) is 16.5. The average molecular weight is 385 g/mol. The number of aliphatic hydroxyl groups excluding tert-OH is 1. The SMILES string of the molecule is CC(C)CN1C(=O)N(CCCO)C(=O)C12CCN(c1ncccc1C#N)CC2. The Labute approximate surface area is 165 Å². The Bertz CT molecular complexity index is 780. The van der Waals surface area contributed by atoms with Crippen molar-refractivity contribution in [2.75, 3.05) is 37.7 Å². The van der Waals surface area contributed by atoms with Crippen molar-refractivity contribution in [3.05, 3.63) is 23.9 Å². The molecule has 2 aliphatic rings. The van der Waals surface area contributed by atoms with E-state index in [1.54, 1.807) is 23.2 Å². The molecule has 0 unspecified atom stereocenters. The molecule has 1 aromatic heterocycles. The molecule has 0 aromatic carbocycles. The van der Waals surface area contributed by atoms with Gasteiger partial charge in [0.1, 0.15) is 17.4 Å². The van der Waals surface area contributed by atoms with E-state index in [4.69, 9.17) is 5.11 Å². The molecule has 8 nitrogen and oxygen atoms in total. The number of anilines is 1. The fourth-order valence-electron chi connectivity index (χ4n) is 4.13. The summed E-state index contributed by atoms with van der Waals surface area (Å²) in [4.78, 5) is 35.6. The van der Waals surface area contributed by atoms with E-state index in [1.807, 2.05) is 18.7 Å². The quantitative estimate of drug-likeness (QED) is 0.747. The zero-order chi connectivity index (χ0) is 20.3. The minimum absolute atomic E-state index is 0.0569. The molecular weight excluding hydrogens is 358 g/mol. The average Bonchev–Trinajstić information content (AvgIpc) is 2.88. The molecule has 0 aliphatic carbocycles. The molecule has 8 heteroatoms. The smallest absolute Gasteiger partial charge is 0.327 e. The summed E-state index contributed by atoms with van der Waals surface area (Å²) in [6.07, 6.45) is 3.05. The molecule has 1 N–H and O–H groups in total. The molecule has 0 atom stereocenters. The van der Waals surface area contributed by atoms with Crippen LogP contribution in [0.2, 0.25) is 0 Å². The van der Waals surface area contributed by atoms with E-state index in [-0.39, 0.29) is 31.0 Å². The van der Waals surface area contributed by atoms with Crippen LogP contribution in [-0.4, -0.2) is 70.2 Å². The number of hydrogen-bond donors (Lipinski definition) is 1. The Balaban J connectivity index is 1.84. The monoisotopic (exact) mass is 385 g/mol. The van der Waals surface area contributed by atoms with E-state index < -0.39 is 5.54 Å². The number of hydrogen-bond acceptors (Lipinski definition) is 6. The van der Waals surface area contributed by atoms with Crippen LogP contribution in [0.3, 0.4) is 0 Å². The molecule has 3 heterocycles. The van der Waals surface area contributed by atoms with Gasteiger partial charge in [0.05, 0.1) is 5.56 Å². The van der Waals surface area contributed by atoms with Crippen LogP contribution in [-0.2, 0) is 4.79 Å². The standard InChI is InChI=1S/C20H27N5O3/c1-15(2)14-25-19(28)24(9-4-12-26)18(27)20(25)6-10-23(11-7-20)17-16(13-21)5-3-8-22-17/h3,5,8,15,26H,4,6-7,9-12,14H2,1-2H3. The lowest BCUT2D eigenvalue weighted by Gasteiger charge is -2.43. The van der Waals surface area contributed by atoms with Gasteiger partial charge < -0.3 is 14.9 Å². The summed E-state index contributed by atoms with van der Waals surface area (Å²) in [5.74, 6) is 0.711. The number of nitriles is 1. The van der Waals surface area contributed by atoms with Crippen LogP contribution in [0.1, 0.15) is 38.7 Å². The number of aliphatic hydroxyl groups is 1. The molecule has 1 spiro atoms. The van der Waals surface area contributed by atoms with Crippen LogP contribution in [0.5, 0.6) is 0 Å². The Morgan fingerprint density at radius 3 is 2.64 bits per heavy atom. The lowest BCUT2D eigenvalue weighted by Crippen LogP contribution is -2.57. The number of urea groups is 1. The fraction of sp³-hybridized carbons (Fsp3) is 0.600. The first-order valence-electron chi connectivity index (χ1n) is 9.79. The van der Waals surface area contributed by atoms with Gasteiger partial charge in [-0.15, -0.1) is 0 Å². The van der Waals surface area contributed by atoms with E-state index in [2.05, 4.69) is 11.1 Å². The Hall–Kier alpha value is -2.66. The Morgan fingerprint density at radius 2 is 2.04 bits per heavy atom. The first-order chi connectivity index (χ1) is 13.4. The lowest BCUT2D eigenvalue weighted by atomic mass is 9.85. The molecule has 150 valence electrons. The topological polar surface area (TPSA) is 101 Å². The Kier molecular flexibility index (Phi) is 5.84. The third-order valence-corrected chi connectivity index (χ3v) is 5.51. The minimum Gasteiger partial charge on any atom is -0.396 e. The van der Waals surface area contributed by atoms with Crippen molar-refractivity contribution in [3.63, 3.8) is 0 Å². The largest absolute Gasteiger partial charge is 0.396 e. The van der Waals surface area contributed by atoms with Crippen molar-refractivity contribution in [1.82, 2.24) is 14.8 Å². The van der Waals surface area contributed by atoms with E-state index in [0.717, 1.165) is 0 Å². The van der Waals surface area contributed by atoms with Gasteiger partial charge in [0.15, 0.2) is 0 Å². The molecule has 2 aliphatic heterocycles. The summed E-state index contributed by atoms with van der Waals surface area (Å²) in [5, 5.41) is 18.5. The molecule has 28 heavy (non-hydrogen) atoms. The first-order valence-corrected chi connectivity index (χ1v) is 9.79.